The number of rotatable bonds is 7. The highest BCUT2D eigenvalue weighted by Gasteiger charge is 2.08. The van der Waals surface area contributed by atoms with Crippen molar-refractivity contribution < 1.29 is 5.11 Å². The topological polar surface area (TPSA) is 32.3 Å². The van der Waals surface area contributed by atoms with E-state index in [9.17, 15) is 0 Å². The molecule has 0 aliphatic carbocycles. The molecule has 0 bridgehead atoms. The van der Waals surface area contributed by atoms with Crippen LogP contribution in [0, 0.1) is 0 Å². The predicted octanol–water partition coefficient (Wildman–Crippen LogP) is 1.88. The predicted molar refractivity (Wildman–Crippen MR) is 61.4 cm³/mol. The molecule has 2 N–H and O–H groups in total. The Kier molecular flexibility index (Phi) is 7.81. The van der Waals surface area contributed by atoms with Gasteiger partial charge in [0.2, 0.25) is 0 Å². The molecule has 80 valence electrons. The van der Waals surface area contributed by atoms with Gasteiger partial charge in [0.05, 0.1) is 6.61 Å². The minimum Gasteiger partial charge on any atom is -0.395 e. The first kappa shape index (κ1) is 13.3. The summed E-state index contributed by atoms with van der Waals surface area (Å²) in [4.78, 5) is 0. The lowest BCUT2D eigenvalue weighted by Gasteiger charge is -2.19. The van der Waals surface area contributed by atoms with Gasteiger partial charge >= 0.3 is 0 Å². The molecule has 0 heterocycles. The fourth-order valence-electron chi connectivity index (χ4n) is 1.14. The van der Waals surface area contributed by atoms with Gasteiger partial charge in [0.15, 0.2) is 0 Å². The second-order valence-corrected chi connectivity index (χ2v) is 5.59. The average molecular weight is 205 g/mol. The maximum absolute atomic E-state index is 9.07. The van der Waals surface area contributed by atoms with E-state index in [0.29, 0.717) is 11.3 Å². The van der Waals surface area contributed by atoms with Crippen molar-refractivity contribution in [1.29, 1.82) is 0 Å². The van der Waals surface area contributed by atoms with E-state index in [-0.39, 0.29) is 12.6 Å². The van der Waals surface area contributed by atoms with Gasteiger partial charge < -0.3 is 10.4 Å². The van der Waals surface area contributed by atoms with Gasteiger partial charge in [-0.15, -0.1) is 0 Å². The summed E-state index contributed by atoms with van der Waals surface area (Å²) in [5.74, 6) is 1.13. The number of thioether (sulfide) groups is 1. The quantitative estimate of drug-likeness (QED) is 0.665. The smallest absolute Gasteiger partial charge is 0.0585 e. The fraction of sp³-hybridized carbons (Fsp3) is 1.00. The minimum atomic E-state index is 0.247. The van der Waals surface area contributed by atoms with Crippen molar-refractivity contribution in [2.24, 2.45) is 0 Å². The number of nitrogens with one attached hydrogen (secondary N) is 1. The molecule has 13 heavy (non-hydrogen) atoms. The summed E-state index contributed by atoms with van der Waals surface area (Å²) in [6.07, 6.45) is 1.05. The Bertz CT molecular complexity index is 117. The van der Waals surface area contributed by atoms with Gasteiger partial charge in [-0.2, -0.15) is 11.8 Å². The Morgan fingerprint density at radius 2 is 1.85 bits per heavy atom. The van der Waals surface area contributed by atoms with Crippen LogP contribution < -0.4 is 5.32 Å². The number of aliphatic hydroxyl groups excluding tert-OH is 1. The van der Waals surface area contributed by atoms with Crippen LogP contribution in [-0.2, 0) is 0 Å². The van der Waals surface area contributed by atoms with E-state index in [0.717, 1.165) is 12.2 Å². The van der Waals surface area contributed by atoms with Gasteiger partial charge in [-0.05, 0) is 17.4 Å². The van der Waals surface area contributed by atoms with E-state index in [1.807, 2.05) is 11.8 Å². The highest BCUT2D eigenvalue weighted by Crippen LogP contribution is 2.11. The summed E-state index contributed by atoms with van der Waals surface area (Å²) in [6.45, 7) is 8.87. The molecular formula is C10H23NOS. The summed E-state index contributed by atoms with van der Waals surface area (Å²) in [6, 6.07) is 0.729. The van der Waals surface area contributed by atoms with E-state index < -0.39 is 0 Å². The lowest BCUT2D eigenvalue weighted by atomic mass is 10.2. The third-order valence-corrected chi connectivity index (χ3v) is 2.84. The molecule has 1 unspecified atom stereocenters. The first-order valence-electron chi connectivity index (χ1n) is 5.04. The van der Waals surface area contributed by atoms with Crippen LogP contribution >= 0.6 is 11.8 Å². The second-order valence-electron chi connectivity index (χ2n) is 3.91. The molecule has 0 aliphatic heterocycles. The first-order valence-corrected chi connectivity index (χ1v) is 6.09. The zero-order valence-electron chi connectivity index (χ0n) is 9.21. The number of hydrogen-bond acceptors (Lipinski definition) is 3. The van der Waals surface area contributed by atoms with Crippen molar-refractivity contribution in [3.8, 4) is 0 Å². The highest BCUT2D eigenvalue weighted by atomic mass is 32.2. The van der Waals surface area contributed by atoms with Gasteiger partial charge in [-0.25, -0.2) is 0 Å². The third-order valence-electron chi connectivity index (χ3n) is 1.71. The molecule has 0 aromatic rings. The van der Waals surface area contributed by atoms with Gasteiger partial charge in [-0.1, -0.05) is 27.7 Å². The van der Waals surface area contributed by atoms with Crippen molar-refractivity contribution in [1.82, 2.24) is 5.32 Å². The summed E-state index contributed by atoms with van der Waals surface area (Å²) >= 11 is 1.95. The van der Waals surface area contributed by atoms with Crippen molar-refractivity contribution in [2.45, 2.75) is 51.4 Å². The van der Waals surface area contributed by atoms with Crippen molar-refractivity contribution >= 4 is 11.8 Å². The molecule has 2 nitrogen and oxygen atoms in total. The van der Waals surface area contributed by atoms with Gasteiger partial charge in [0.1, 0.15) is 0 Å². The second kappa shape index (κ2) is 7.65. The van der Waals surface area contributed by atoms with E-state index in [1.54, 1.807) is 0 Å². The molecule has 0 aromatic heterocycles. The zero-order valence-corrected chi connectivity index (χ0v) is 10.0. The molecular weight excluding hydrogens is 182 g/mol. The summed E-state index contributed by atoms with van der Waals surface area (Å²) in [5, 5.41) is 13.1. The molecule has 0 aromatic carbocycles. The molecule has 0 saturated carbocycles. The minimum absolute atomic E-state index is 0.247. The maximum atomic E-state index is 9.07. The number of hydrogen-bond donors (Lipinski definition) is 2. The number of aliphatic hydroxyl groups is 1. The molecule has 0 saturated heterocycles. The average Bonchev–Trinajstić information content (AvgIpc) is 2.01. The normalized spacial score (nSPS) is 14.1. The molecule has 0 rings (SSSR count). The standard InChI is InChI=1S/C10H23NOS/c1-8(2)11-10(7-12)5-6-13-9(3)4/h8-12H,5-7H2,1-4H3. The van der Waals surface area contributed by atoms with Crippen LogP contribution in [0.2, 0.25) is 0 Å². The molecule has 0 radical (unpaired) electrons. The van der Waals surface area contributed by atoms with Crippen molar-refractivity contribution in [3.05, 3.63) is 0 Å². The van der Waals surface area contributed by atoms with Crippen LogP contribution in [0.4, 0.5) is 0 Å². The van der Waals surface area contributed by atoms with E-state index in [4.69, 9.17) is 5.11 Å². The van der Waals surface area contributed by atoms with E-state index in [1.165, 1.54) is 0 Å². The first-order chi connectivity index (χ1) is 6.06. The zero-order chi connectivity index (χ0) is 10.3. The monoisotopic (exact) mass is 205 g/mol. The van der Waals surface area contributed by atoms with Crippen LogP contribution in [0.25, 0.3) is 0 Å². The Morgan fingerprint density at radius 3 is 2.23 bits per heavy atom. The fourth-order valence-corrected chi connectivity index (χ4v) is 2.04. The van der Waals surface area contributed by atoms with Crippen LogP contribution in [-0.4, -0.2) is 34.8 Å². The molecule has 0 amide bonds. The van der Waals surface area contributed by atoms with E-state index >= 15 is 0 Å². The van der Waals surface area contributed by atoms with Gasteiger partial charge in [-0.3, -0.25) is 0 Å². The Morgan fingerprint density at radius 1 is 1.23 bits per heavy atom. The lowest BCUT2D eigenvalue weighted by Crippen LogP contribution is -2.37. The van der Waals surface area contributed by atoms with E-state index in [2.05, 4.69) is 33.0 Å². The highest BCUT2D eigenvalue weighted by molar-refractivity contribution is 7.99. The molecule has 0 fully saturated rings. The summed E-state index contributed by atoms with van der Waals surface area (Å²) in [5.41, 5.74) is 0. The largest absolute Gasteiger partial charge is 0.395 e. The molecule has 1 atom stereocenters. The molecule has 0 aliphatic rings. The third kappa shape index (κ3) is 8.60. The lowest BCUT2D eigenvalue weighted by molar-refractivity contribution is 0.232. The van der Waals surface area contributed by atoms with Crippen molar-refractivity contribution in [2.75, 3.05) is 12.4 Å². The summed E-state index contributed by atoms with van der Waals surface area (Å²) < 4.78 is 0. The van der Waals surface area contributed by atoms with Crippen LogP contribution in [0.3, 0.4) is 0 Å². The van der Waals surface area contributed by atoms with Gasteiger partial charge in [0, 0.05) is 12.1 Å². The van der Waals surface area contributed by atoms with Crippen LogP contribution in [0.5, 0.6) is 0 Å². The maximum Gasteiger partial charge on any atom is 0.0585 e. The SMILES string of the molecule is CC(C)NC(CO)CCSC(C)C. The Hall–Kier alpha value is 0.270. The van der Waals surface area contributed by atoms with Crippen LogP contribution in [0.15, 0.2) is 0 Å². The van der Waals surface area contributed by atoms with Crippen LogP contribution in [0.1, 0.15) is 34.1 Å². The Labute approximate surface area is 86.5 Å². The summed E-state index contributed by atoms with van der Waals surface area (Å²) in [7, 11) is 0. The van der Waals surface area contributed by atoms with Gasteiger partial charge in [0.25, 0.3) is 0 Å². The van der Waals surface area contributed by atoms with Crippen molar-refractivity contribution in [3.63, 3.8) is 0 Å². The Balaban J connectivity index is 3.48. The molecule has 3 heteroatoms. The molecule has 0 spiro atoms.